The normalized spacial score (nSPS) is 32.1. The summed E-state index contributed by atoms with van der Waals surface area (Å²) in [7, 11) is 5.63. The van der Waals surface area contributed by atoms with Crippen LogP contribution in [-0.2, 0) is 23.1 Å². The minimum atomic E-state index is 0.241. The molecule has 134 valence electrons. The zero-order chi connectivity index (χ0) is 17.4. The molecule has 0 aromatic heterocycles. The molecule has 1 aromatic carbocycles. The summed E-state index contributed by atoms with van der Waals surface area (Å²) in [6, 6.07) is 4.72. The molecule has 0 bridgehead atoms. The molecule has 0 radical (unpaired) electrons. The van der Waals surface area contributed by atoms with Crippen molar-refractivity contribution in [1.29, 1.82) is 0 Å². The van der Waals surface area contributed by atoms with Crippen LogP contribution in [-0.4, -0.2) is 27.9 Å². The Balaban J connectivity index is 2.06. The second-order valence-electron chi connectivity index (χ2n) is 8.30. The lowest BCUT2D eigenvalue weighted by atomic mass is 9.50. The third kappa shape index (κ3) is 2.76. The number of hydrogen-bond acceptors (Lipinski definition) is 3. The highest BCUT2D eigenvalue weighted by Gasteiger charge is 2.51. The fraction of sp³-hybridized carbons (Fsp3) is 0.714. The molecule has 0 saturated heterocycles. The van der Waals surface area contributed by atoms with Crippen LogP contribution in [0.2, 0.25) is 0 Å². The highest BCUT2D eigenvalue weighted by molar-refractivity contribution is 5.48. The summed E-state index contributed by atoms with van der Waals surface area (Å²) in [5, 5.41) is 3.26. The van der Waals surface area contributed by atoms with Crippen LogP contribution in [0.1, 0.15) is 56.2 Å². The van der Waals surface area contributed by atoms with E-state index in [1.165, 1.54) is 48.8 Å². The van der Waals surface area contributed by atoms with Crippen molar-refractivity contribution >= 4 is 0 Å². The first-order valence-electron chi connectivity index (χ1n) is 9.32. The molecule has 2 aliphatic rings. The second-order valence-corrected chi connectivity index (χ2v) is 8.30. The summed E-state index contributed by atoms with van der Waals surface area (Å²) >= 11 is 0. The minimum absolute atomic E-state index is 0.241. The van der Waals surface area contributed by atoms with Crippen molar-refractivity contribution in [3.8, 4) is 5.75 Å². The van der Waals surface area contributed by atoms with Gasteiger partial charge in [0.05, 0.1) is 13.7 Å². The number of nitrogens with one attached hydrogen (secondary N) is 1. The lowest BCUT2D eigenvalue weighted by molar-refractivity contribution is -0.0325. The van der Waals surface area contributed by atoms with Gasteiger partial charge in [0.25, 0.3) is 0 Å². The molecule has 1 aromatic rings. The number of aryl methyl sites for hydroxylation is 1. The van der Waals surface area contributed by atoms with Crippen LogP contribution in [0, 0.1) is 11.3 Å². The molecule has 0 spiro atoms. The summed E-state index contributed by atoms with van der Waals surface area (Å²) in [5.74, 6) is 1.72. The maximum atomic E-state index is 5.72. The summed E-state index contributed by atoms with van der Waals surface area (Å²) in [5.41, 5.74) is 4.86. The SMILES string of the molecule is CNCc1cc2c(cc1OC)[C@@]1(C)CCC[C@](C)(COC)[C@@H]1CC2. The Kier molecular flexibility index (Phi) is 4.94. The Morgan fingerprint density at radius 2 is 2.00 bits per heavy atom. The number of ether oxygens (including phenoxy) is 2. The molecule has 3 heteroatoms. The molecule has 3 atom stereocenters. The maximum Gasteiger partial charge on any atom is 0.123 e. The van der Waals surface area contributed by atoms with E-state index in [4.69, 9.17) is 9.47 Å². The zero-order valence-corrected chi connectivity index (χ0v) is 16.0. The van der Waals surface area contributed by atoms with Crippen molar-refractivity contribution in [2.75, 3.05) is 27.9 Å². The molecule has 0 heterocycles. The predicted octanol–water partition coefficient (Wildman–Crippen LogP) is 4.07. The van der Waals surface area contributed by atoms with Crippen LogP contribution in [0.4, 0.5) is 0 Å². The van der Waals surface area contributed by atoms with E-state index in [1.54, 1.807) is 7.11 Å². The Bertz CT molecular complexity index is 596. The summed E-state index contributed by atoms with van der Waals surface area (Å²) in [4.78, 5) is 0. The van der Waals surface area contributed by atoms with E-state index in [9.17, 15) is 0 Å². The Morgan fingerprint density at radius 3 is 2.67 bits per heavy atom. The molecular formula is C21H33NO2. The molecule has 1 fully saturated rings. The van der Waals surface area contributed by atoms with Gasteiger partial charge in [0.1, 0.15) is 5.75 Å². The first kappa shape index (κ1) is 17.8. The van der Waals surface area contributed by atoms with Crippen LogP contribution in [0.15, 0.2) is 12.1 Å². The van der Waals surface area contributed by atoms with Gasteiger partial charge in [-0.2, -0.15) is 0 Å². The molecule has 24 heavy (non-hydrogen) atoms. The van der Waals surface area contributed by atoms with Crippen molar-refractivity contribution in [2.45, 2.75) is 57.9 Å². The molecule has 0 aliphatic heterocycles. The number of rotatable bonds is 5. The number of hydrogen-bond donors (Lipinski definition) is 1. The van der Waals surface area contributed by atoms with Gasteiger partial charge < -0.3 is 14.8 Å². The highest BCUT2D eigenvalue weighted by atomic mass is 16.5. The van der Waals surface area contributed by atoms with Crippen LogP contribution in [0.25, 0.3) is 0 Å². The molecule has 3 nitrogen and oxygen atoms in total. The fourth-order valence-electron chi connectivity index (χ4n) is 5.70. The van der Waals surface area contributed by atoms with E-state index in [-0.39, 0.29) is 10.8 Å². The summed E-state index contributed by atoms with van der Waals surface area (Å²) < 4.78 is 11.4. The summed E-state index contributed by atoms with van der Waals surface area (Å²) in [6.07, 6.45) is 6.29. The molecule has 1 N–H and O–H groups in total. The smallest absolute Gasteiger partial charge is 0.123 e. The first-order chi connectivity index (χ1) is 11.5. The highest BCUT2D eigenvalue weighted by Crippen LogP contribution is 2.57. The van der Waals surface area contributed by atoms with Gasteiger partial charge in [-0.15, -0.1) is 0 Å². The van der Waals surface area contributed by atoms with Crippen molar-refractivity contribution < 1.29 is 9.47 Å². The number of methoxy groups -OCH3 is 2. The van der Waals surface area contributed by atoms with Crippen molar-refractivity contribution in [1.82, 2.24) is 5.32 Å². The zero-order valence-electron chi connectivity index (χ0n) is 16.0. The Morgan fingerprint density at radius 1 is 1.21 bits per heavy atom. The van der Waals surface area contributed by atoms with Gasteiger partial charge in [0.15, 0.2) is 0 Å². The van der Waals surface area contributed by atoms with Gasteiger partial charge in [0, 0.05) is 19.2 Å². The van der Waals surface area contributed by atoms with Gasteiger partial charge in [-0.25, -0.2) is 0 Å². The predicted molar refractivity (Wildman–Crippen MR) is 98.8 cm³/mol. The Labute approximate surface area is 147 Å². The molecule has 0 unspecified atom stereocenters. The van der Waals surface area contributed by atoms with E-state index in [2.05, 4.69) is 31.3 Å². The lowest BCUT2D eigenvalue weighted by Gasteiger charge is -2.55. The third-order valence-corrected chi connectivity index (χ3v) is 6.72. The van der Waals surface area contributed by atoms with Crippen molar-refractivity contribution in [2.24, 2.45) is 11.3 Å². The average molecular weight is 332 g/mol. The second kappa shape index (κ2) is 6.68. The standard InChI is InChI=1S/C21H33NO2/c1-20(14-23-4)9-6-10-21(2)17-12-18(24-5)16(13-22-3)11-15(17)7-8-19(20)21/h11-12,19,22H,6-10,13-14H2,1-5H3/t19-,20+,21+/m0/s1. The Hall–Kier alpha value is -1.06. The van der Waals surface area contributed by atoms with Gasteiger partial charge in [0.2, 0.25) is 0 Å². The average Bonchev–Trinajstić information content (AvgIpc) is 2.54. The summed E-state index contributed by atoms with van der Waals surface area (Å²) in [6.45, 7) is 6.66. The van der Waals surface area contributed by atoms with Crippen LogP contribution in [0.5, 0.6) is 5.75 Å². The molecule has 1 saturated carbocycles. The van der Waals surface area contributed by atoms with Gasteiger partial charge in [-0.1, -0.05) is 26.3 Å². The monoisotopic (exact) mass is 331 g/mol. The van der Waals surface area contributed by atoms with Gasteiger partial charge in [-0.3, -0.25) is 0 Å². The van der Waals surface area contributed by atoms with E-state index < -0.39 is 0 Å². The van der Waals surface area contributed by atoms with Crippen LogP contribution < -0.4 is 10.1 Å². The van der Waals surface area contributed by atoms with Gasteiger partial charge in [-0.05, 0) is 66.7 Å². The van der Waals surface area contributed by atoms with Crippen LogP contribution in [0.3, 0.4) is 0 Å². The number of fused-ring (bicyclic) bond motifs is 3. The third-order valence-electron chi connectivity index (χ3n) is 6.72. The fourth-order valence-corrected chi connectivity index (χ4v) is 5.70. The largest absolute Gasteiger partial charge is 0.496 e. The van der Waals surface area contributed by atoms with E-state index in [0.717, 1.165) is 18.9 Å². The topological polar surface area (TPSA) is 30.5 Å². The van der Waals surface area contributed by atoms with E-state index >= 15 is 0 Å². The maximum absolute atomic E-state index is 5.72. The number of benzene rings is 1. The molecule has 2 aliphatic carbocycles. The first-order valence-corrected chi connectivity index (χ1v) is 9.32. The van der Waals surface area contributed by atoms with E-state index in [0.29, 0.717) is 5.92 Å². The molecule has 0 amide bonds. The molecule has 3 rings (SSSR count). The molecular weight excluding hydrogens is 298 g/mol. The van der Waals surface area contributed by atoms with Gasteiger partial charge >= 0.3 is 0 Å². The van der Waals surface area contributed by atoms with Crippen LogP contribution >= 0.6 is 0 Å². The quantitative estimate of drug-likeness (QED) is 0.882. The van der Waals surface area contributed by atoms with Crippen molar-refractivity contribution in [3.05, 3.63) is 28.8 Å². The van der Waals surface area contributed by atoms with E-state index in [1.807, 2.05) is 14.2 Å². The lowest BCUT2D eigenvalue weighted by Crippen LogP contribution is -2.50. The van der Waals surface area contributed by atoms with Crippen molar-refractivity contribution in [3.63, 3.8) is 0 Å². The minimum Gasteiger partial charge on any atom is -0.496 e.